The zero-order chi connectivity index (χ0) is 15.2. The molecule has 0 aliphatic rings. The van der Waals surface area contributed by atoms with Gasteiger partial charge in [0.15, 0.2) is 0 Å². The molecule has 114 valence electrons. The number of hydrogen-bond donors (Lipinski definition) is 2. The third kappa shape index (κ3) is 3.56. The molecule has 0 saturated carbocycles. The molecule has 8 nitrogen and oxygen atoms in total. The van der Waals surface area contributed by atoms with E-state index in [2.05, 4.69) is 36.7 Å². The lowest BCUT2D eigenvalue weighted by molar-refractivity contribution is 0.182. The van der Waals surface area contributed by atoms with Crippen LogP contribution in [0.1, 0.15) is 17.4 Å². The Morgan fingerprint density at radius 3 is 2.76 bits per heavy atom. The van der Waals surface area contributed by atoms with Gasteiger partial charge in [-0.1, -0.05) is 0 Å². The monoisotopic (exact) mass is 356 g/mol. The number of methoxy groups -OCH3 is 2. The molecule has 0 amide bonds. The molecule has 0 radical (unpaired) electrons. The van der Waals surface area contributed by atoms with Crippen LogP contribution in [0.25, 0.3) is 0 Å². The molecule has 0 aromatic carbocycles. The van der Waals surface area contributed by atoms with E-state index in [1.54, 1.807) is 32.5 Å². The van der Waals surface area contributed by atoms with Crippen LogP contribution in [-0.2, 0) is 11.3 Å². The zero-order valence-corrected chi connectivity index (χ0v) is 13.4. The summed E-state index contributed by atoms with van der Waals surface area (Å²) in [6.45, 7) is 1.16. The maximum atomic E-state index is 5.69. The van der Waals surface area contributed by atoms with Crippen molar-refractivity contribution in [2.75, 3.05) is 20.8 Å². The van der Waals surface area contributed by atoms with Gasteiger partial charge in [0, 0.05) is 13.2 Å². The van der Waals surface area contributed by atoms with Crippen molar-refractivity contribution in [3.63, 3.8) is 0 Å². The van der Waals surface area contributed by atoms with Crippen molar-refractivity contribution in [1.29, 1.82) is 0 Å². The summed E-state index contributed by atoms with van der Waals surface area (Å²) >= 11 is 3.48. The SMILES string of the molecule is COCCn1ncc(Br)c1C(NN)c1ccc(OC)nn1. The van der Waals surface area contributed by atoms with Crippen LogP contribution >= 0.6 is 15.9 Å². The van der Waals surface area contributed by atoms with Gasteiger partial charge < -0.3 is 9.47 Å². The van der Waals surface area contributed by atoms with Crippen molar-refractivity contribution in [3.05, 3.63) is 34.2 Å². The van der Waals surface area contributed by atoms with Crippen LogP contribution < -0.4 is 16.0 Å². The number of rotatable bonds is 7. The number of nitrogens with two attached hydrogens (primary N) is 1. The van der Waals surface area contributed by atoms with Crippen molar-refractivity contribution in [3.8, 4) is 5.88 Å². The Balaban J connectivity index is 2.33. The third-order valence-corrected chi connectivity index (χ3v) is 3.56. The van der Waals surface area contributed by atoms with Crippen molar-refractivity contribution < 1.29 is 9.47 Å². The second kappa shape index (κ2) is 7.46. The minimum absolute atomic E-state index is 0.350. The second-order valence-electron chi connectivity index (χ2n) is 4.19. The smallest absolute Gasteiger partial charge is 0.233 e. The van der Waals surface area contributed by atoms with Crippen molar-refractivity contribution in [2.45, 2.75) is 12.6 Å². The summed E-state index contributed by atoms with van der Waals surface area (Å²) in [5, 5.41) is 12.4. The summed E-state index contributed by atoms with van der Waals surface area (Å²) < 4.78 is 12.7. The number of nitrogens with zero attached hydrogens (tertiary/aromatic N) is 4. The fraction of sp³-hybridized carbons (Fsp3) is 0.417. The van der Waals surface area contributed by atoms with Gasteiger partial charge in [-0.05, 0) is 22.0 Å². The van der Waals surface area contributed by atoms with Crippen LogP contribution in [0.4, 0.5) is 0 Å². The van der Waals surface area contributed by atoms with Gasteiger partial charge in [-0.15, -0.1) is 10.2 Å². The molecular formula is C12H17BrN6O2. The first kappa shape index (κ1) is 15.8. The first-order valence-electron chi connectivity index (χ1n) is 6.25. The molecule has 2 heterocycles. The van der Waals surface area contributed by atoms with Gasteiger partial charge in [0.2, 0.25) is 5.88 Å². The maximum Gasteiger partial charge on any atom is 0.233 e. The predicted octanol–water partition coefficient (Wildman–Crippen LogP) is 0.643. The number of aromatic nitrogens is 4. The minimum Gasteiger partial charge on any atom is -0.480 e. The largest absolute Gasteiger partial charge is 0.480 e. The van der Waals surface area contributed by atoms with Crippen LogP contribution in [0.3, 0.4) is 0 Å². The lowest BCUT2D eigenvalue weighted by atomic mass is 10.1. The molecule has 9 heteroatoms. The van der Waals surface area contributed by atoms with Crippen molar-refractivity contribution in [1.82, 2.24) is 25.4 Å². The average molecular weight is 357 g/mol. The van der Waals surface area contributed by atoms with E-state index in [4.69, 9.17) is 15.3 Å². The van der Waals surface area contributed by atoms with E-state index in [0.717, 1.165) is 10.2 Å². The topological polar surface area (TPSA) is 100 Å². The summed E-state index contributed by atoms with van der Waals surface area (Å²) in [7, 11) is 3.19. The van der Waals surface area contributed by atoms with Crippen LogP contribution in [0.2, 0.25) is 0 Å². The summed E-state index contributed by atoms with van der Waals surface area (Å²) in [5.41, 5.74) is 4.26. The van der Waals surface area contributed by atoms with E-state index in [-0.39, 0.29) is 6.04 Å². The molecule has 0 spiro atoms. The average Bonchev–Trinajstić information content (AvgIpc) is 2.88. The molecule has 0 aliphatic heterocycles. The molecule has 1 atom stereocenters. The van der Waals surface area contributed by atoms with E-state index in [1.807, 2.05) is 4.68 Å². The molecule has 0 bridgehead atoms. The molecular weight excluding hydrogens is 340 g/mol. The standard InChI is InChI=1S/C12H17BrN6O2/c1-20-6-5-19-12(8(13)7-15-19)11(16-14)9-3-4-10(21-2)18-17-9/h3-4,7,11,16H,5-6,14H2,1-2H3. The van der Waals surface area contributed by atoms with Crippen molar-refractivity contribution in [2.24, 2.45) is 5.84 Å². The van der Waals surface area contributed by atoms with Crippen LogP contribution in [-0.4, -0.2) is 40.8 Å². The number of halogens is 1. The Labute approximate surface area is 130 Å². The van der Waals surface area contributed by atoms with Gasteiger partial charge in [-0.3, -0.25) is 10.5 Å². The van der Waals surface area contributed by atoms with E-state index in [0.29, 0.717) is 24.7 Å². The van der Waals surface area contributed by atoms with Gasteiger partial charge in [0.1, 0.15) is 6.04 Å². The fourth-order valence-electron chi connectivity index (χ4n) is 1.91. The molecule has 21 heavy (non-hydrogen) atoms. The summed E-state index contributed by atoms with van der Waals surface area (Å²) in [6.07, 6.45) is 1.71. The molecule has 2 aromatic heterocycles. The lowest BCUT2D eigenvalue weighted by Gasteiger charge is -2.17. The van der Waals surface area contributed by atoms with Gasteiger partial charge in [-0.2, -0.15) is 5.10 Å². The highest BCUT2D eigenvalue weighted by atomic mass is 79.9. The van der Waals surface area contributed by atoms with Crippen LogP contribution in [0.5, 0.6) is 5.88 Å². The Kier molecular flexibility index (Phi) is 5.62. The van der Waals surface area contributed by atoms with Gasteiger partial charge in [0.25, 0.3) is 0 Å². The minimum atomic E-state index is -0.350. The highest BCUT2D eigenvalue weighted by Gasteiger charge is 2.22. The Bertz CT molecular complexity index is 574. The summed E-state index contributed by atoms with van der Waals surface area (Å²) in [4.78, 5) is 0. The highest BCUT2D eigenvalue weighted by molar-refractivity contribution is 9.10. The number of nitrogens with one attached hydrogen (secondary N) is 1. The predicted molar refractivity (Wildman–Crippen MR) is 79.6 cm³/mol. The molecule has 0 saturated heterocycles. The molecule has 0 aliphatic carbocycles. The molecule has 0 fully saturated rings. The number of hydrogen-bond acceptors (Lipinski definition) is 7. The summed E-state index contributed by atoms with van der Waals surface area (Å²) in [6, 6.07) is 3.18. The quantitative estimate of drug-likeness (QED) is 0.554. The van der Waals surface area contributed by atoms with E-state index < -0.39 is 0 Å². The van der Waals surface area contributed by atoms with Crippen LogP contribution in [0, 0.1) is 0 Å². The normalized spacial score (nSPS) is 12.4. The second-order valence-corrected chi connectivity index (χ2v) is 5.05. The first-order chi connectivity index (χ1) is 10.2. The van der Waals surface area contributed by atoms with Gasteiger partial charge in [-0.25, -0.2) is 5.43 Å². The molecule has 2 aromatic rings. The Hall–Kier alpha value is -1.55. The van der Waals surface area contributed by atoms with Crippen LogP contribution in [0.15, 0.2) is 22.8 Å². The molecule has 3 N–H and O–H groups in total. The zero-order valence-electron chi connectivity index (χ0n) is 11.8. The third-order valence-electron chi connectivity index (χ3n) is 2.95. The van der Waals surface area contributed by atoms with E-state index in [9.17, 15) is 0 Å². The van der Waals surface area contributed by atoms with Crippen molar-refractivity contribution >= 4 is 15.9 Å². The summed E-state index contributed by atoms with van der Waals surface area (Å²) in [5.74, 6) is 6.14. The molecule has 1 unspecified atom stereocenters. The Morgan fingerprint density at radius 2 is 2.19 bits per heavy atom. The lowest BCUT2D eigenvalue weighted by Crippen LogP contribution is -2.32. The maximum absolute atomic E-state index is 5.69. The highest BCUT2D eigenvalue weighted by Crippen LogP contribution is 2.27. The number of hydrazine groups is 1. The Morgan fingerprint density at radius 1 is 1.38 bits per heavy atom. The fourth-order valence-corrected chi connectivity index (χ4v) is 2.44. The first-order valence-corrected chi connectivity index (χ1v) is 7.04. The molecule has 2 rings (SSSR count). The van der Waals surface area contributed by atoms with Gasteiger partial charge in [0.05, 0.1) is 42.3 Å². The van der Waals surface area contributed by atoms with Gasteiger partial charge >= 0.3 is 0 Å². The number of ether oxygens (including phenoxy) is 2. The van der Waals surface area contributed by atoms with E-state index >= 15 is 0 Å². The van der Waals surface area contributed by atoms with E-state index in [1.165, 1.54) is 0 Å².